The molecule has 3 heteroatoms. The fourth-order valence-electron chi connectivity index (χ4n) is 13.3. The fraction of sp³-hybridized carbons (Fsp3) is 0.117. The van der Waals surface area contributed by atoms with Crippen molar-refractivity contribution in [1.29, 1.82) is 0 Å². The van der Waals surface area contributed by atoms with Crippen molar-refractivity contribution in [2.24, 2.45) is 0 Å². The molecule has 3 nitrogen and oxygen atoms in total. The molecule has 2 aliphatic carbocycles. The van der Waals surface area contributed by atoms with Crippen LogP contribution in [0.2, 0.25) is 0 Å². The van der Waals surface area contributed by atoms with Crippen LogP contribution in [-0.2, 0) is 10.8 Å². The van der Waals surface area contributed by atoms with Crippen molar-refractivity contribution in [2.45, 2.75) is 58.8 Å². The predicted molar refractivity (Wildman–Crippen MR) is 338 cm³/mol. The average Bonchev–Trinajstić information content (AvgIpc) is 4.06. The normalized spacial score (nSPS) is 17.5. The van der Waals surface area contributed by atoms with Crippen LogP contribution >= 0.6 is 0 Å². The molecule has 388 valence electrons. The Balaban J connectivity index is 0.957. The number of furan rings is 1. The third kappa shape index (κ3) is 8.10. The van der Waals surface area contributed by atoms with E-state index in [2.05, 4.69) is 272 Å². The second kappa shape index (κ2) is 19.8. The number of rotatable bonds is 10. The van der Waals surface area contributed by atoms with Gasteiger partial charge in [-0.1, -0.05) is 209 Å². The van der Waals surface area contributed by atoms with Gasteiger partial charge in [-0.25, -0.2) is 0 Å². The molecule has 0 amide bonds. The molecule has 3 aliphatic rings. The van der Waals surface area contributed by atoms with Gasteiger partial charge in [0.25, 0.3) is 0 Å². The molecule has 10 aromatic rings. The number of fused-ring (bicyclic) bond motifs is 12. The third-order valence-corrected chi connectivity index (χ3v) is 17.3. The predicted octanol–water partition coefficient (Wildman–Crippen LogP) is 20.9. The maximum atomic E-state index is 7.06. The first-order valence-corrected chi connectivity index (χ1v) is 27.9. The molecular weight excluding hydrogens is 971 g/mol. The van der Waals surface area contributed by atoms with Crippen LogP contribution in [0.3, 0.4) is 0 Å². The van der Waals surface area contributed by atoms with Gasteiger partial charge in [0.1, 0.15) is 22.7 Å². The number of hydrogen-bond acceptors (Lipinski definition) is 3. The minimum atomic E-state index is -0.632. The molecular formula is C77H63NO2. The van der Waals surface area contributed by atoms with Crippen LogP contribution < -0.4 is 9.64 Å². The van der Waals surface area contributed by atoms with Gasteiger partial charge in [-0.2, -0.15) is 0 Å². The number of nitrogens with zero attached hydrogens (tertiary/aromatic N) is 1. The quantitative estimate of drug-likeness (QED) is 0.128. The summed E-state index contributed by atoms with van der Waals surface area (Å²) in [5.41, 5.74) is 23.4. The summed E-state index contributed by atoms with van der Waals surface area (Å²) in [7, 11) is 0. The zero-order valence-corrected chi connectivity index (χ0v) is 46.4. The van der Waals surface area contributed by atoms with Crippen LogP contribution in [0.5, 0.6) is 5.75 Å². The Morgan fingerprint density at radius 2 is 1.30 bits per heavy atom. The van der Waals surface area contributed by atoms with Gasteiger partial charge in [0.15, 0.2) is 0 Å². The summed E-state index contributed by atoms with van der Waals surface area (Å²) in [4.78, 5) is 2.38. The molecule has 9 aromatic carbocycles. The van der Waals surface area contributed by atoms with E-state index in [1.54, 1.807) is 0 Å². The second-order valence-corrected chi connectivity index (χ2v) is 22.1. The van der Waals surface area contributed by atoms with Gasteiger partial charge in [-0.3, -0.25) is 0 Å². The van der Waals surface area contributed by atoms with Gasteiger partial charge in [0.2, 0.25) is 0 Å². The molecule has 0 N–H and O–H groups in total. The van der Waals surface area contributed by atoms with E-state index in [4.69, 9.17) is 9.15 Å². The highest BCUT2D eigenvalue weighted by atomic mass is 16.5. The minimum Gasteiger partial charge on any atom is -0.461 e. The van der Waals surface area contributed by atoms with Gasteiger partial charge in [0.05, 0.1) is 5.41 Å². The second-order valence-electron chi connectivity index (χ2n) is 22.1. The van der Waals surface area contributed by atoms with E-state index in [0.29, 0.717) is 6.42 Å². The summed E-state index contributed by atoms with van der Waals surface area (Å²) in [5.74, 6) is 1.79. The van der Waals surface area contributed by atoms with Crippen LogP contribution in [0.25, 0.3) is 72.2 Å². The van der Waals surface area contributed by atoms with E-state index in [0.717, 1.165) is 94.7 Å². The number of benzene rings is 9. The van der Waals surface area contributed by atoms with E-state index in [1.807, 2.05) is 24.3 Å². The lowest BCUT2D eigenvalue weighted by Gasteiger charge is -2.46. The first kappa shape index (κ1) is 50.1. The number of hydrogen-bond donors (Lipinski definition) is 0. The Morgan fingerprint density at radius 1 is 0.588 bits per heavy atom. The highest BCUT2D eigenvalue weighted by Crippen LogP contribution is 2.60. The maximum Gasteiger partial charge on any atom is 0.139 e. The molecule has 2 heterocycles. The standard InChI is InChI=1S/C77H63NO2/c1-9-20-58-48-77(68(42-35-53-22-13-12-21-49(53)4)51(6)79-75-62-24-15-14-23-55(62)36-43-71(75)77)72-45-56(33-40-64(72)61(58)11-3)52(10-2)30-29-50(5)78(60-39-44-70-67(47-60)63-25-16-18-27-69(63)76(70,7)8)59-37-31-54(32-38-59)57-34-41-66-65-26-17-19-28-73(65)80-74(66)46-57/h9-47H,1-2,48H2,3-8H3/b42-35-,50-29+,52-30+,58-20-,61-11+. The topological polar surface area (TPSA) is 25.6 Å². The van der Waals surface area contributed by atoms with Crippen LogP contribution in [0, 0.1) is 6.92 Å². The van der Waals surface area contributed by atoms with Crippen molar-refractivity contribution in [2.75, 3.05) is 4.90 Å². The summed E-state index contributed by atoms with van der Waals surface area (Å²) >= 11 is 0. The molecule has 0 fully saturated rings. The Morgan fingerprint density at radius 3 is 2.11 bits per heavy atom. The van der Waals surface area contributed by atoms with Crippen molar-refractivity contribution in [3.63, 3.8) is 0 Å². The Bertz CT molecular complexity index is 4410. The lowest BCUT2D eigenvalue weighted by molar-refractivity contribution is 0.376. The van der Waals surface area contributed by atoms with E-state index in [1.165, 1.54) is 55.7 Å². The third-order valence-electron chi connectivity index (χ3n) is 17.3. The molecule has 1 spiro atoms. The van der Waals surface area contributed by atoms with Crippen molar-refractivity contribution < 1.29 is 9.15 Å². The lowest BCUT2D eigenvalue weighted by atomic mass is 9.58. The number of ether oxygens (including phenoxy) is 1. The van der Waals surface area contributed by atoms with Crippen LogP contribution in [0.4, 0.5) is 11.4 Å². The molecule has 1 atom stereocenters. The van der Waals surface area contributed by atoms with Gasteiger partial charge in [-0.15, -0.1) is 0 Å². The van der Waals surface area contributed by atoms with E-state index in [-0.39, 0.29) is 5.41 Å². The van der Waals surface area contributed by atoms with E-state index in [9.17, 15) is 0 Å². The van der Waals surface area contributed by atoms with Crippen LogP contribution in [-0.4, -0.2) is 0 Å². The number of para-hydroxylation sites is 1. The SMILES string of the molecule is C=C/C=C1/CC2(C(/C=C\c3ccccc3C)=C(C)Oc3c2ccc2ccccc32)c2cc(/C(C=C)=C/C=C(\C)N(c3ccc(-c4ccc5c(c4)oc4ccccc45)cc3)c3ccc4c(c3)-c3ccccc3C4(C)C)ccc2/C1=C/C. The molecule has 13 rings (SSSR count). The summed E-state index contributed by atoms with van der Waals surface area (Å²) < 4.78 is 13.4. The smallest absolute Gasteiger partial charge is 0.139 e. The van der Waals surface area contributed by atoms with E-state index >= 15 is 0 Å². The minimum absolute atomic E-state index is 0.109. The van der Waals surface area contributed by atoms with Crippen molar-refractivity contribution in [3.05, 3.63) is 311 Å². The Kier molecular flexibility index (Phi) is 12.4. The summed E-state index contributed by atoms with van der Waals surface area (Å²) in [5, 5.41) is 4.50. The average molecular weight is 1030 g/mol. The molecule has 80 heavy (non-hydrogen) atoms. The number of aryl methyl sites for hydroxylation is 1. The molecule has 0 bridgehead atoms. The maximum absolute atomic E-state index is 7.06. The van der Waals surface area contributed by atoms with Crippen LogP contribution in [0.1, 0.15) is 85.5 Å². The van der Waals surface area contributed by atoms with Gasteiger partial charge >= 0.3 is 0 Å². The van der Waals surface area contributed by atoms with Gasteiger partial charge in [-0.05, 0) is 172 Å². The van der Waals surface area contributed by atoms with Crippen molar-refractivity contribution in [1.82, 2.24) is 0 Å². The van der Waals surface area contributed by atoms with Crippen molar-refractivity contribution >= 4 is 61.3 Å². The molecule has 1 unspecified atom stereocenters. The number of allylic oxidation sites excluding steroid dienone is 13. The first-order chi connectivity index (χ1) is 39.0. The molecule has 0 saturated carbocycles. The molecule has 1 aliphatic heterocycles. The number of anilines is 2. The monoisotopic (exact) mass is 1030 g/mol. The highest BCUT2D eigenvalue weighted by Gasteiger charge is 2.49. The lowest BCUT2D eigenvalue weighted by Crippen LogP contribution is -2.38. The molecule has 0 radical (unpaired) electrons. The fourth-order valence-corrected chi connectivity index (χ4v) is 13.3. The molecule has 0 saturated heterocycles. The zero-order chi connectivity index (χ0) is 54.9. The van der Waals surface area contributed by atoms with E-state index < -0.39 is 5.41 Å². The largest absolute Gasteiger partial charge is 0.461 e. The van der Waals surface area contributed by atoms with Crippen LogP contribution in [0.15, 0.2) is 271 Å². The summed E-state index contributed by atoms with van der Waals surface area (Å²) in [6.45, 7) is 22.1. The zero-order valence-electron chi connectivity index (χ0n) is 46.4. The molecule has 1 aromatic heterocycles. The Labute approximate surface area is 470 Å². The highest BCUT2D eigenvalue weighted by molar-refractivity contribution is 6.06. The van der Waals surface area contributed by atoms with Gasteiger partial charge < -0.3 is 14.1 Å². The summed E-state index contributed by atoms with van der Waals surface area (Å²) in [6, 6.07) is 68.3. The Hall–Kier alpha value is -9.44. The summed E-state index contributed by atoms with van der Waals surface area (Å²) in [6.07, 6.45) is 18.2. The van der Waals surface area contributed by atoms with Crippen molar-refractivity contribution in [3.8, 4) is 28.0 Å². The first-order valence-electron chi connectivity index (χ1n) is 27.9. The van der Waals surface area contributed by atoms with Gasteiger partial charge in [0, 0.05) is 49.8 Å².